The second-order valence-electron chi connectivity index (χ2n) is 4.32. The molecule has 0 aromatic heterocycles. The highest BCUT2D eigenvalue weighted by Gasteiger charge is 2.11. The molecular weight excluding hydrogens is 339 g/mol. The van der Waals surface area contributed by atoms with E-state index in [0.717, 1.165) is 0 Å². The molecule has 0 aliphatic rings. The molecule has 0 fully saturated rings. The summed E-state index contributed by atoms with van der Waals surface area (Å²) < 4.78 is 24.0. The maximum absolute atomic E-state index is 12.9. The summed E-state index contributed by atoms with van der Waals surface area (Å²) in [7, 11) is 1.60. The highest BCUT2D eigenvalue weighted by molar-refractivity contribution is 9.10. The molecule has 0 radical (unpaired) electrons. The molecule has 2 aromatic carbocycles. The Hall–Kier alpha value is -1.72. The summed E-state index contributed by atoms with van der Waals surface area (Å²) in [5.41, 5.74) is 0.948. The lowest BCUT2D eigenvalue weighted by Gasteiger charge is -2.09. The van der Waals surface area contributed by atoms with Gasteiger partial charge in [-0.05, 0) is 58.4 Å². The molecule has 0 atom stereocenters. The molecule has 0 spiro atoms. The van der Waals surface area contributed by atoms with E-state index in [1.165, 1.54) is 24.3 Å². The molecular formula is C16H14BrFO3. The minimum absolute atomic E-state index is 0.167. The molecule has 0 saturated heterocycles. The van der Waals surface area contributed by atoms with Gasteiger partial charge in [0.1, 0.15) is 18.2 Å². The first-order valence-electron chi connectivity index (χ1n) is 6.33. The molecule has 0 unspecified atom stereocenters. The van der Waals surface area contributed by atoms with Crippen molar-refractivity contribution in [3.63, 3.8) is 0 Å². The summed E-state index contributed by atoms with van der Waals surface area (Å²) in [6.45, 7) is 0.920. The first-order valence-corrected chi connectivity index (χ1v) is 7.12. The monoisotopic (exact) mass is 352 g/mol. The van der Waals surface area contributed by atoms with Crippen LogP contribution in [0, 0.1) is 5.82 Å². The van der Waals surface area contributed by atoms with Crippen LogP contribution < -0.4 is 4.74 Å². The zero-order valence-electron chi connectivity index (χ0n) is 11.4. The highest BCUT2D eigenvalue weighted by atomic mass is 79.9. The van der Waals surface area contributed by atoms with E-state index in [1.54, 1.807) is 25.3 Å². The molecule has 0 N–H and O–H groups in total. The maximum Gasteiger partial charge on any atom is 0.193 e. The van der Waals surface area contributed by atoms with Gasteiger partial charge in [0.05, 0.1) is 11.1 Å². The summed E-state index contributed by atoms with van der Waals surface area (Å²) in [6.07, 6.45) is 0. The van der Waals surface area contributed by atoms with Crippen LogP contribution in [0.2, 0.25) is 0 Å². The van der Waals surface area contributed by atoms with Gasteiger partial charge in [0.25, 0.3) is 0 Å². The number of ether oxygens (including phenoxy) is 2. The molecule has 0 amide bonds. The van der Waals surface area contributed by atoms with E-state index in [4.69, 9.17) is 9.47 Å². The predicted octanol–water partition coefficient (Wildman–Crippen LogP) is 3.84. The SMILES string of the molecule is COCCOc1ccc(C(=O)c2ccc(F)cc2)cc1Br. The fourth-order valence-electron chi connectivity index (χ4n) is 1.76. The van der Waals surface area contributed by atoms with E-state index in [1.807, 2.05) is 0 Å². The zero-order valence-corrected chi connectivity index (χ0v) is 13.0. The van der Waals surface area contributed by atoms with Gasteiger partial charge in [0.2, 0.25) is 0 Å². The molecule has 110 valence electrons. The van der Waals surface area contributed by atoms with E-state index in [9.17, 15) is 9.18 Å². The number of benzene rings is 2. The minimum atomic E-state index is -0.366. The Labute approximate surface area is 130 Å². The van der Waals surface area contributed by atoms with Crippen LogP contribution in [-0.4, -0.2) is 26.1 Å². The van der Waals surface area contributed by atoms with Crippen molar-refractivity contribution < 1.29 is 18.7 Å². The molecule has 0 bridgehead atoms. The highest BCUT2D eigenvalue weighted by Crippen LogP contribution is 2.27. The van der Waals surface area contributed by atoms with Crippen molar-refractivity contribution in [2.75, 3.05) is 20.3 Å². The van der Waals surface area contributed by atoms with Crippen molar-refractivity contribution in [3.05, 3.63) is 63.9 Å². The Kier molecular flexibility index (Phi) is 5.47. The van der Waals surface area contributed by atoms with E-state index >= 15 is 0 Å². The smallest absolute Gasteiger partial charge is 0.193 e. The number of ketones is 1. The predicted molar refractivity (Wildman–Crippen MR) is 81.3 cm³/mol. The Bertz CT molecular complexity index is 626. The van der Waals surface area contributed by atoms with Crippen LogP contribution in [0.15, 0.2) is 46.9 Å². The minimum Gasteiger partial charge on any atom is -0.490 e. The lowest BCUT2D eigenvalue weighted by atomic mass is 10.0. The maximum atomic E-state index is 12.9. The number of carbonyl (C=O) groups excluding carboxylic acids is 1. The molecule has 0 heterocycles. The molecule has 5 heteroatoms. The number of methoxy groups -OCH3 is 1. The Balaban J connectivity index is 2.15. The van der Waals surface area contributed by atoms with Gasteiger partial charge in [-0.25, -0.2) is 4.39 Å². The average molecular weight is 353 g/mol. The lowest BCUT2D eigenvalue weighted by molar-refractivity contribution is 0.103. The number of hydrogen-bond acceptors (Lipinski definition) is 3. The van der Waals surface area contributed by atoms with Gasteiger partial charge in [0, 0.05) is 18.2 Å². The van der Waals surface area contributed by atoms with Crippen LogP contribution in [-0.2, 0) is 4.74 Å². The van der Waals surface area contributed by atoms with Crippen molar-refractivity contribution in [2.24, 2.45) is 0 Å². The van der Waals surface area contributed by atoms with Gasteiger partial charge < -0.3 is 9.47 Å². The topological polar surface area (TPSA) is 35.5 Å². The van der Waals surface area contributed by atoms with Crippen LogP contribution in [0.1, 0.15) is 15.9 Å². The summed E-state index contributed by atoms with van der Waals surface area (Å²) >= 11 is 3.37. The third-order valence-corrected chi connectivity index (χ3v) is 3.47. The van der Waals surface area contributed by atoms with Crippen LogP contribution >= 0.6 is 15.9 Å². The van der Waals surface area contributed by atoms with Gasteiger partial charge in [0.15, 0.2) is 5.78 Å². The molecule has 21 heavy (non-hydrogen) atoms. The number of rotatable bonds is 6. The van der Waals surface area contributed by atoms with Crippen molar-refractivity contribution in [2.45, 2.75) is 0 Å². The van der Waals surface area contributed by atoms with Crippen LogP contribution in [0.25, 0.3) is 0 Å². The second-order valence-corrected chi connectivity index (χ2v) is 5.18. The number of halogens is 2. The summed E-state index contributed by atoms with van der Waals surface area (Å²) in [6, 6.07) is 10.6. The fourth-order valence-corrected chi connectivity index (χ4v) is 2.26. The fraction of sp³-hybridized carbons (Fsp3) is 0.188. The van der Waals surface area contributed by atoms with E-state index in [2.05, 4.69) is 15.9 Å². The first-order chi connectivity index (χ1) is 10.1. The van der Waals surface area contributed by atoms with Crippen molar-refractivity contribution in [3.8, 4) is 5.75 Å². The van der Waals surface area contributed by atoms with Crippen LogP contribution in [0.5, 0.6) is 5.75 Å². The largest absolute Gasteiger partial charge is 0.490 e. The molecule has 2 rings (SSSR count). The zero-order chi connectivity index (χ0) is 15.2. The van der Waals surface area contributed by atoms with Crippen LogP contribution in [0.4, 0.5) is 4.39 Å². The summed E-state index contributed by atoms with van der Waals surface area (Å²) in [5, 5.41) is 0. The van der Waals surface area contributed by atoms with Gasteiger partial charge in [-0.2, -0.15) is 0 Å². The molecule has 0 saturated carbocycles. The normalized spacial score (nSPS) is 10.4. The van der Waals surface area contributed by atoms with Crippen molar-refractivity contribution in [1.29, 1.82) is 0 Å². The summed E-state index contributed by atoms with van der Waals surface area (Å²) in [4.78, 5) is 12.3. The van der Waals surface area contributed by atoms with Gasteiger partial charge in [-0.15, -0.1) is 0 Å². The summed E-state index contributed by atoms with van der Waals surface area (Å²) in [5.74, 6) is 0.108. The van der Waals surface area contributed by atoms with Crippen molar-refractivity contribution >= 4 is 21.7 Å². The van der Waals surface area contributed by atoms with Gasteiger partial charge in [-0.3, -0.25) is 4.79 Å². The van der Waals surface area contributed by atoms with E-state index in [0.29, 0.717) is 34.6 Å². The molecule has 0 aliphatic heterocycles. The first kappa shape index (κ1) is 15.7. The van der Waals surface area contributed by atoms with Gasteiger partial charge in [-0.1, -0.05) is 0 Å². The number of carbonyl (C=O) groups is 1. The van der Waals surface area contributed by atoms with E-state index in [-0.39, 0.29) is 11.6 Å². The van der Waals surface area contributed by atoms with Crippen LogP contribution in [0.3, 0.4) is 0 Å². The molecule has 3 nitrogen and oxygen atoms in total. The Morgan fingerprint density at radius 3 is 2.38 bits per heavy atom. The lowest BCUT2D eigenvalue weighted by Crippen LogP contribution is -2.06. The number of hydrogen-bond donors (Lipinski definition) is 0. The third kappa shape index (κ3) is 4.12. The Morgan fingerprint density at radius 1 is 1.10 bits per heavy atom. The molecule has 2 aromatic rings. The Morgan fingerprint density at radius 2 is 1.76 bits per heavy atom. The second kappa shape index (κ2) is 7.33. The quantitative estimate of drug-likeness (QED) is 0.585. The average Bonchev–Trinajstić information content (AvgIpc) is 2.49. The molecule has 0 aliphatic carbocycles. The standard InChI is InChI=1S/C16H14BrFO3/c1-20-8-9-21-15-7-4-12(10-14(15)17)16(19)11-2-5-13(18)6-3-11/h2-7,10H,8-9H2,1H3. The van der Waals surface area contributed by atoms with Gasteiger partial charge >= 0.3 is 0 Å². The van der Waals surface area contributed by atoms with Crippen molar-refractivity contribution in [1.82, 2.24) is 0 Å². The van der Waals surface area contributed by atoms with E-state index < -0.39 is 0 Å². The third-order valence-electron chi connectivity index (χ3n) is 2.85.